The molecule has 18 heavy (non-hydrogen) atoms. The maximum Gasteiger partial charge on any atom is 0.126 e. The first-order valence-electron chi connectivity index (χ1n) is 6.08. The van der Waals surface area contributed by atoms with Crippen molar-refractivity contribution in [3.05, 3.63) is 70.0 Å². The minimum atomic E-state index is -0.155. The number of benzene rings is 2. The van der Waals surface area contributed by atoms with Crippen LogP contribution in [0.25, 0.3) is 12.2 Å². The lowest BCUT2D eigenvalue weighted by molar-refractivity contribution is 0.618. The lowest BCUT2D eigenvalue weighted by Crippen LogP contribution is -1.83. The molecule has 0 radical (unpaired) electrons. The predicted molar refractivity (Wildman–Crippen MR) is 76.0 cm³/mol. The molecule has 0 saturated carbocycles. The number of halogens is 1. The lowest BCUT2D eigenvalue weighted by Gasteiger charge is -2.01. The van der Waals surface area contributed by atoms with E-state index in [1.54, 1.807) is 19.1 Å². The van der Waals surface area contributed by atoms with Crippen LogP contribution in [0.3, 0.4) is 0 Å². The highest BCUT2D eigenvalue weighted by molar-refractivity contribution is 5.70. The van der Waals surface area contributed by atoms with Gasteiger partial charge in [0.1, 0.15) is 5.82 Å². The molecule has 0 heterocycles. The van der Waals surface area contributed by atoms with Gasteiger partial charge in [-0.1, -0.05) is 42.5 Å². The van der Waals surface area contributed by atoms with E-state index in [-0.39, 0.29) is 5.82 Å². The van der Waals surface area contributed by atoms with Crippen LogP contribution in [-0.4, -0.2) is 0 Å². The first-order chi connectivity index (χ1) is 8.56. The Hall–Kier alpha value is -1.89. The van der Waals surface area contributed by atoms with E-state index in [9.17, 15) is 4.39 Å². The Labute approximate surface area is 108 Å². The molecular formula is C17H17F. The molecule has 0 unspecified atom stereocenters. The van der Waals surface area contributed by atoms with E-state index in [1.165, 1.54) is 11.1 Å². The number of hydrogen-bond donors (Lipinski definition) is 0. The van der Waals surface area contributed by atoms with E-state index in [4.69, 9.17) is 0 Å². The Kier molecular flexibility index (Phi) is 3.61. The van der Waals surface area contributed by atoms with E-state index >= 15 is 0 Å². The van der Waals surface area contributed by atoms with E-state index < -0.39 is 0 Å². The number of rotatable bonds is 2. The van der Waals surface area contributed by atoms with Crippen molar-refractivity contribution >= 4 is 12.2 Å². The molecular weight excluding hydrogens is 223 g/mol. The summed E-state index contributed by atoms with van der Waals surface area (Å²) < 4.78 is 13.4. The van der Waals surface area contributed by atoms with Crippen LogP contribution in [0.2, 0.25) is 0 Å². The summed E-state index contributed by atoms with van der Waals surface area (Å²) in [6.45, 7) is 5.96. The summed E-state index contributed by atoms with van der Waals surface area (Å²) in [5.41, 5.74) is 5.26. The van der Waals surface area contributed by atoms with Crippen molar-refractivity contribution in [1.29, 1.82) is 0 Å². The Morgan fingerprint density at radius 2 is 1.28 bits per heavy atom. The summed E-state index contributed by atoms with van der Waals surface area (Å²) in [5, 5.41) is 0. The first-order valence-corrected chi connectivity index (χ1v) is 6.08. The summed E-state index contributed by atoms with van der Waals surface area (Å²) >= 11 is 0. The summed E-state index contributed by atoms with van der Waals surface area (Å²) in [4.78, 5) is 0. The van der Waals surface area contributed by atoms with E-state index in [0.717, 1.165) is 11.1 Å². The molecule has 0 amide bonds. The van der Waals surface area contributed by atoms with E-state index in [0.29, 0.717) is 5.56 Å². The van der Waals surface area contributed by atoms with Crippen molar-refractivity contribution in [2.24, 2.45) is 0 Å². The Balaban J connectivity index is 2.24. The molecule has 1 heteroatoms. The normalized spacial score (nSPS) is 11.1. The standard InChI is InChI=1S/C17H17F/c1-12-4-6-15(10-14(12)3)8-9-16-7-5-13(2)17(18)11-16/h4-11H,1-3H3/b9-8-. The van der Waals surface area contributed by atoms with Crippen LogP contribution in [-0.2, 0) is 0 Å². The van der Waals surface area contributed by atoms with Gasteiger partial charge in [-0.2, -0.15) is 0 Å². The maximum atomic E-state index is 13.4. The first kappa shape index (κ1) is 12.6. The predicted octanol–water partition coefficient (Wildman–Crippen LogP) is 4.92. The smallest absolute Gasteiger partial charge is 0.126 e. The van der Waals surface area contributed by atoms with Crippen LogP contribution in [0.4, 0.5) is 4.39 Å². The Bertz CT molecular complexity index is 541. The van der Waals surface area contributed by atoms with Crippen LogP contribution in [0.5, 0.6) is 0 Å². The van der Waals surface area contributed by atoms with Crippen LogP contribution in [0, 0.1) is 26.6 Å². The monoisotopic (exact) mass is 240 g/mol. The molecule has 92 valence electrons. The van der Waals surface area contributed by atoms with Crippen LogP contribution in [0.1, 0.15) is 27.8 Å². The van der Waals surface area contributed by atoms with E-state index in [2.05, 4.69) is 32.0 Å². The quantitative estimate of drug-likeness (QED) is 0.653. The zero-order chi connectivity index (χ0) is 13.1. The molecule has 0 spiro atoms. The van der Waals surface area contributed by atoms with Gasteiger partial charge in [0.15, 0.2) is 0 Å². The topological polar surface area (TPSA) is 0 Å². The van der Waals surface area contributed by atoms with Gasteiger partial charge in [-0.25, -0.2) is 4.39 Å². The fraction of sp³-hybridized carbons (Fsp3) is 0.176. The average molecular weight is 240 g/mol. The van der Waals surface area contributed by atoms with Crippen LogP contribution in [0.15, 0.2) is 36.4 Å². The van der Waals surface area contributed by atoms with Gasteiger partial charge in [0.25, 0.3) is 0 Å². The van der Waals surface area contributed by atoms with Crippen molar-refractivity contribution < 1.29 is 4.39 Å². The minimum Gasteiger partial charge on any atom is -0.207 e. The third kappa shape index (κ3) is 2.86. The minimum absolute atomic E-state index is 0.155. The zero-order valence-corrected chi connectivity index (χ0v) is 11.0. The molecule has 2 rings (SSSR count). The second-order valence-electron chi connectivity index (χ2n) is 4.69. The van der Waals surface area contributed by atoms with Gasteiger partial charge in [0.05, 0.1) is 0 Å². The fourth-order valence-corrected chi connectivity index (χ4v) is 1.77. The van der Waals surface area contributed by atoms with Gasteiger partial charge in [0.2, 0.25) is 0 Å². The largest absolute Gasteiger partial charge is 0.207 e. The highest BCUT2D eigenvalue weighted by Gasteiger charge is 1.97. The maximum absolute atomic E-state index is 13.4. The van der Waals surface area contributed by atoms with E-state index in [1.807, 2.05) is 18.2 Å². The van der Waals surface area contributed by atoms with Crippen molar-refractivity contribution in [1.82, 2.24) is 0 Å². The molecule has 0 aliphatic carbocycles. The van der Waals surface area contributed by atoms with Crippen molar-refractivity contribution in [2.75, 3.05) is 0 Å². The lowest BCUT2D eigenvalue weighted by atomic mass is 10.0. The molecule has 0 N–H and O–H groups in total. The molecule has 0 nitrogen and oxygen atoms in total. The number of hydrogen-bond acceptors (Lipinski definition) is 0. The van der Waals surface area contributed by atoms with Gasteiger partial charge >= 0.3 is 0 Å². The third-order valence-electron chi connectivity index (χ3n) is 3.20. The molecule has 0 atom stereocenters. The zero-order valence-electron chi connectivity index (χ0n) is 11.0. The molecule has 0 saturated heterocycles. The Morgan fingerprint density at radius 3 is 1.83 bits per heavy atom. The van der Waals surface area contributed by atoms with Gasteiger partial charge in [-0.05, 0) is 54.7 Å². The summed E-state index contributed by atoms with van der Waals surface area (Å²) in [6.07, 6.45) is 3.95. The Morgan fingerprint density at radius 1 is 0.722 bits per heavy atom. The molecule has 0 aromatic heterocycles. The summed E-state index contributed by atoms with van der Waals surface area (Å²) in [5.74, 6) is -0.155. The summed E-state index contributed by atoms with van der Waals surface area (Å²) in [7, 11) is 0. The second kappa shape index (κ2) is 5.18. The average Bonchev–Trinajstić information content (AvgIpc) is 2.35. The van der Waals surface area contributed by atoms with Gasteiger partial charge in [-0.3, -0.25) is 0 Å². The SMILES string of the molecule is Cc1ccc(/C=C\c2ccc(C)c(F)c2)cc1C. The van der Waals surface area contributed by atoms with Gasteiger partial charge < -0.3 is 0 Å². The van der Waals surface area contributed by atoms with Crippen molar-refractivity contribution in [3.63, 3.8) is 0 Å². The van der Waals surface area contributed by atoms with Crippen molar-refractivity contribution in [3.8, 4) is 0 Å². The van der Waals surface area contributed by atoms with Crippen LogP contribution >= 0.6 is 0 Å². The highest BCUT2D eigenvalue weighted by atomic mass is 19.1. The number of aryl methyl sites for hydroxylation is 3. The molecule has 0 aliphatic heterocycles. The van der Waals surface area contributed by atoms with Gasteiger partial charge in [-0.15, -0.1) is 0 Å². The molecule has 2 aromatic carbocycles. The van der Waals surface area contributed by atoms with Crippen molar-refractivity contribution in [2.45, 2.75) is 20.8 Å². The van der Waals surface area contributed by atoms with Crippen LogP contribution < -0.4 is 0 Å². The molecule has 0 fully saturated rings. The second-order valence-corrected chi connectivity index (χ2v) is 4.69. The van der Waals surface area contributed by atoms with Gasteiger partial charge in [0, 0.05) is 0 Å². The summed E-state index contributed by atoms with van der Waals surface area (Å²) in [6, 6.07) is 11.6. The molecule has 2 aromatic rings. The highest BCUT2D eigenvalue weighted by Crippen LogP contribution is 2.15. The fourth-order valence-electron chi connectivity index (χ4n) is 1.77. The third-order valence-corrected chi connectivity index (χ3v) is 3.20. The molecule has 0 bridgehead atoms. The molecule has 0 aliphatic rings.